The van der Waals surface area contributed by atoms with Crippen LogP contribution in [0.15, 0.2) is 30.3 Å². The summed E-state index contributed by atoms with van der Waals surface area (Å²) in [5, 5.41) is 3.25. The van der Waals surface area contributed by atoms with Crippen LogP contribution in [-0.4, -0.2) is 38.1 Å². The van der Waals surface area contributed by atoms with Gasteiger partial charge < -0.3 is 10.2 Å². The molecule has 1 unspecified atom stereocenters. The number of hydrogen-bond acceptors (Lipinski definition) is 2. The van der Waals surface area contributed by atoms with Crippen molar-refractivity contribution in [3.63, 3.8) is 0 Å². The van der Waals surface area contributed by atoms with E-state index in [2.05, 4.69) is 54.5 Å². The fourth-order valence-corrected chi connectivity index (χ4v) is 1.61. The van der Waals surface area contributed by atoms with Crippen molar-refractivity contribution in [1.82, 2.24) is 10.2 Å². The molecule has 0 aliphatic heterocycles. The fourth-order valence-electron chi connectivity index (χ4n) is 1.61. The van der Waals surface area contributed by atoms with E-state index in [4.69, 9.17) is 0 Å². The molecule has 1 N–H and O–H groups in total. The Balaban J connectivity index is 2.25. The monoisotopic (exact) mass is 206 g/mol. The van der Waals surface area contributed by atoms with Crippen molar-refractivity contribution in [3.8, 4) is 0 Å². The molecule has 0 bridgehead atoms. The Morgan fingerprint density at radius 3 is 2.53 bits per heavy atom. The Labute approximate surface area is 93.3 Å². The topological polar surface area (TPSA) is 15.3 Å². The third kappa shape index (κ3) is 4.96. The molecule has 0 fully saturated rings. The highest BCUT2D eigenvalue weighted by Gasteiger charge is 2.03. The molecule has 0 aliphatic carbocycles. The standard InChI is InChI=1S/C13H22N2/c1-12(14-2)11-15(3)10-9-13-7-5-4-6-8-13/h4-8,12,14H,9-11H2,1-3H3. The van der Waals surface area contributed by atoms with Crippen molar-refractivity contribution in [2.45, 2.75) is 19.4 Å². The minimum Gasteiger partial charge on any atom is -0.316 e. The van der Waals surface area contributed by atoms with Crippen LogP contribution in [0.3, 0.4) is 0 Å². The first-order valence-electron chi connectivity index (χ1n) is 5.62. The zero-order chi connectivity index (χ0) is 11.1. The van der Waals surface area contributed by atoms with E-state index in [-0.39, 0.29) is 0 Å². The molecule has 0 amide bonds. The molecule has 0 saturated carbocycles. The van der Waals surface area contributed by atoms with Crippen LogP contribution in [0.4, 0.5) is 0 Å². The second-order valence-electron chi connectivity index (χ2n) is 4.19. The average Bonchev–Trinajstić information content (AvgIpc) is 2.27. The molecule has 0 saturated heterocycles. The van der Waals surface area contributed by atoms with Crippen LogP contribution in [0.5, 0.6) is 0 Å². The van der Waals surface area contributed by atoms with E-state index in [9.17, 15) is 0 Å². The van der Waals surface area contributed by atoms with Gasteiger partial charge in [0.25, 0.3) is 0 Å². The second-order valence-corrected chi connectivity index (χ2v) is 4.19. The third-order valence-corrected chi connectivity index (χ3v) is 2.70. The summed E-state index contributed by atoms with van der Waals surface area (Å²) in [7, 11) is 4.19. The van der Waals surface area contributed by atoms with Crippen LogP contribution in [0.2, 0.25) is 0 Å². The minimum absolute atomic E-state index is 0.561. The Morgan fingerprint density at radius 2 is 1.93 bits per heavy atom. The molecule has 1 atom stereocenters. The summed E-state index contributed by atoms with van der Waals surface area (Å²) in [6.07, 6.45) is 1.13. The molecular weight excluding hydrogens is 184 g/mol. The molecule has 15 heavy (non-hydrogen) atoms. The molecule has 1 aromatic rings. The van der Waals surface area contributed by atoms with Gasteiger partial charge >= 0.3 is 0 Å². The van der Waals surface area contributed by atoms with Gasteiger partial charge in [0.05, 0.1) is 0 Å². The number of nitrogens with one attached hydrogen (secondary N) is 1. The van der Waals surface area contributed by atoms with E-state index >= 15 is 0 Å². The molecule has 1 aromatic carbocycles. The summed E-state index contributed by atoms with van der Waals surface area (Å²) in [5.41, 5.74) is 1.42. The van der Waals surface area contributed by atoms with Crippen molar-refractivity contribution < 1.29 is 0 Å². The van der Waals surface area contributed by atoms with Gasteiger partial charge in [0.2, 0.25) is 0 Å². The van der Waals surface area contributed by atoms with E-state index in [1.54, 1.807) is 0 Å². The van der Waals surface area contributed by atoms with Crippen molar-refractivity contribution in [2.24, 2.45) is 0 Å². The maximum Gasteiger partial charge on any atom is 0.0163 e. The lowest BCUT2D eigenvalue weighted by molar-refractivity contribution is 0.306. The Kier molecular flexibility index (Phi) is 5.37. The quantitative estimate of drug-likeness (QED) is 0.763. The van der Waals surface area contributed by atoms with E-state index in [0.29, 0.717) is 6.04 Å². The molecule has 2 heteroatoms. The summed E-state index contributed by atoms with van der Waals surface area (Å²) in [6, 6.07) is 11.2. The van der Waals surface area contributed by atoms with Gasteiger partial charge in [-0.1, -0.05) is 30.3 Å². The van der Waals surface area contributed by atoms with Crippen molar-refractivity contribution in [1.29, 1.82) is 0 Å². The summed E-state index contributed by atoms with van der Waals surface area (Å²) in [6.45, 7) is 4.43. The van der Waals surface area contributed by atoms with Crippen molar-refractivity contribution in [3.05, 3.63) is 35.9 Å². The molecule has 1 rings (SSSR count). The Bertz CT molecular complexity index is 258. The molecule has 0 aliphatic rings. The number of benzene rings is 1. The molecule has 84 valence electrons. The van der Waals surface area contributed by atoms with E-state index in [1.165, 1.54) is 5.56 Å². The summed E-state index contributed by atoms with van der Waals surface area (Å²) in [4.78, 5) is 2.37. The zero-order valence-electron chi connectivity index (χ0n) is 10.0. The van der Waals surface area contributed by atoms with Gasteiger partial charge in [0, 0.05) is 19.1 Å². The van der Waals surface area contributed by atoms with Crippen LogP contribution in [0.1, 0.15) is 12.5 Å². The van der Waals surface area contributed by atoms with Crippen LogP contribution in [-0.2, 0) is 6.42 Å². The maximum absolute atomic E-state index is 3.25. The normalized spacial score (nSPS) is 13.1. The predicted molar refractivity (Wildman–Crippen MR) is 66.2 cm³/mol. The van der Waals surface area contributed by atoms with Gasteiger partial charge in [-0.25, -0.2) is 0 Å². The SMILES string of the molecule is CNC(C)CN(C)CCc1ccccc1. The highest BCUT2D eigenvalue weighted by molar-refractivity contribution is 5.14. The Hall–Kier alpha value is -0.860. The number of rotatable bonds is 6. The second kappa shape index (κ2) is 6.59. The third-order valence-electron chi connectivity index (χ3n) is 2.70. The molecule has 0 spiro atoms. The van der Waals surface area contributed by atoms with Gasteiger partial charge in [-0.3, -0.25) is 0 Å². The summed E-state index contributed by atoms with van der Waals surface area (Å²) < 4.78 is 0. The molecule has 2 nitrogen and oxygen atoms in total. The molecule has 0 heterocycles. The Morgan fingerprint density at radius 1 is 1.27 bits per heavy atom. The highest BCUT2D eigenvalue weighted by atomic mass is 15.1. The van der Waals surface area contributed by atoms with Crippen molar-refractivity contribution >= 4 is 0 Å². The first-order valence-corrected chi connectivity index (χ1v) is 5.62. The first kappa shape index (κ1) is 12.2. The highest BCUT2D eigenvalue weighted by Crippen LogP contribution is 2.00. The maximum atomic E-state index is 3.25. The smallest absolute Gasteiger partial charge is 0.0163 e. The number of nitrogens with zero attached hydrogens (tertiary/aromatic N) is 1. The van der Waals surface area contributed by atoms with Crippen molar-refractivity contribution in [2.75, 3.05) is 27.2 Å². The molecule has 0 radical (unpaired) electrons. The van der Waals surface area contributed by atoms with Crippen LogP contribution in [0.25, 0.3) is 0 Å². The van der Waals surface area contributed by atoms with Crippen LogP contribution < -0.4 is 5.32 Å². The van der Waals surface area contributed by atoms with Gasteiger partial charge in [-0.15, -0.1) is 0 Å². The van der Waals surface area contributed by atoms with Crippen LogP contribution >= 0.6 is 0 Å². The first-order chi connectivity index (χ1) is 7.22. The lowest BCUT2D eigenvalue weighted by Gasteiger charge is -2.20. The summed E-state index contributed by atoms with van der Waals surface area (Å²) in [5.74, 6) is 0. The predicted octanol–water partition coefficient (Wildman–Crippen LogP) is 1.77. The number of likely N-dealkylation sites (N-methyl/N-ethyl adjacent to an activating group) is 2. The van der Waals surface area contributed by atoms with E-state index in [1.807, 2.05) is 7.05 Å². The lowest BCUT2D eigenvalue weighted by Crippen LogP contribution is -2.36. The van der Waals surface area contributed by atoms with Gasteiger partial charge in [-0.2, -0.15) is 0 Å². The van der Waals surface area contributed by atoms with Gasteiger partial charge in [0.15, 0.2) is 0 Å². The lowest BCUT2D eigenvalue weighted by atomic mass is 10.1. The van der Waals surface area contributed by atoms with Gasteiger partial charge in [-0.05, 0) is 33.0 Å². The molecule has 0 aromatic heterocycles. The largest absolute Gasteiger partial charge is 0.316 e. The average molecular weight is 206 g/mol. The van der Waals surface area contributed by atoms with Gasteiger partial charge in [0.1, 0.15) is 0 Å². The minimum atomic E-state index is 0.561. The van der Waals surface area contributed by atoms with E-state index in [0.717, 1.165) is 19.5 Å². The molecular formula is C13H22N2. The number of hydrogen-bond donors (Lipinski definition) is 1. The summed E-state index contributed by atoms with van der Waals surface area (Å²) >= 11 is 0. The fraction of sp³-hybridized carbons (Fsp3) is 0.538. The zero-order valence-corrected chi connectivity index (χ0v) is 10.0. The van der Waals surface area contributed by atoms with Crippen LogP contribution in [0, 0.1) is 0 Å². The van der Waals surface area contributed by atoms with E-state index < -0.39 is 0 Å².